The Hall–Kier alpha value is -1.01. The number of nitrogens with zero attached hydrogens (tertiary/aromatic N) is 1. The Bertz CT molecular complexity index is 396. The van der Waals surface area contributed by atoms with Gasteiger partial charge in [0.15, 0.2) is 5.16 Å². The summed E-state index contributed by atoms with van der Waals surface area (Å²) in [4.78, 5) is 18.7. The van der Waals surface area contributed by atoms with Crippen LogP contribution in [-0.4, -0.2) is 39.4 Å². The van der Waals surface area contributed by atoms with Gasteiger partial charge >= 0.3 is 5.97 Å². The molecule has 3 N–H and O–H groups in total. The van der Waals surface area contributed by atoms with E-state index >= 15 is 0 Å². The summed E-state index contributed by atoms with van der Waals surface area (Å²) >= 11 is 1.65. The highest BCUT2D eigenvalue weighted by molar-refractivity contribution is 7.99. The monoisotopic (exact) mass is 269 g/mol. The number of imidazole rings is 1. The first-order chi connectivity index (χ1) is 8.69. The highest BCUT2D eigenvalue weighted by Gasteiger charge is 2.47. The molecule has 1 aromatic rings. The van der Waals surface area contributed by atoms with E-state index in [1.165, 1.54) is 0 Å². The summed E-state index contributed by atoms with van der Waals surface area (Å²) in [6, 6.07) is 0. The largest absolute Gasteiger partial charge is 0.480 e. The summed E-state index contributed by atoms with van der Waals surface area (Å²) in [6.45, 7) is 0. The van der Waals surface area contributed by atoms with E-state index < -0.39 is 11.5 Å². The average molecular weight is 269 g/mol. The summed E-state index contributed by atoms with van der Waals surface area (Å²) in [5.41, 5.74) is -0.719. The molecule has 2 unspecified atom stereocenters. The lowest BCUT2D eigenvalue weighted by Crippen LogP contribution is -2.53. The van der Waals surface area contributed by atoms with Crippen LogP contribution in [0.1, 0.15) is 25.7 Å². The van der Waals surface area contributed by atoms with Crippen molar-refractivity contribution in [3.8, 4) is 0 Å². The van der Waals surface area contributed by atoms with Gasteiger partial charge in [0.1, 0.15) is 5.54 Å². The molecule has 1 heterocycles. The second kappa shape index (κ2) is 5.75. The zero-order valence-corrected chi connectivity index (χ0v) is 11.3. The Kier molecular flexibility index (Phi) is 4.29. The highest BCUT2D eigenvalue weighted by atomic mass is 32.2. The quantitative estimate of drug-likeness (QED) is 0.686. The van der Waals surface area contributed by atoms with E-state index in [1.807, 2.05) is 0 Å². The molecule has 6 heteroatoms. The molecule has 0 radical (unpaired) electrons. The van der Waals surface area contributed by atoms with Gasteiger partial charge in [-0.2, -0.15) is 0 Å². The van der Waals surface area contributed by atoms with Gasteiger partial charge in [0.05, 0.1) is 0 Å². The van der Waals surface area contributed by atoms with E-state index in [9.17, 15) is 9.90 Å². The number of hydrogen-bond acceptors (Lipinski definition) is 4. The fourth-order valence-electron chi connectivity index (χ4n) is 2.81. The van der Waals surface area contributed by atoms with E-state index in [0.717, 1.165) is 36.6 Å². The fraction of sp³-hybridized carbons (Fsp3) is 0.667. The van der Waals surface area contributed by atoms with Crippen molar-refractivity contribution in [1.82, 2.24) is 15.3 Å². The first kappa shape index (κ1) is 13.4. The average Bonchev–Trinajstić information content (AvgIpc) is 2.98. The van der Waals surface area contributed by atoms with Gasteiger partial charge in [-0.25, -0.2) is 4.98 Å². The Balaban J connectivity index is 1.89. The zero-order valence-electron chi connectivity index (χ0n) is 10.5. The highest BCUT2D eigenvalue weighted by Crippen LogP contribution is 2.38. The van der Waals surface area contributed by atoms with E-state index in [2.05, 4.69) is 15.3 Å². The van der Waals surface area contributed by atoms with Crippen LogP contribution in [0.25, 0.3) is 0 Å². The lowest BCUT2D eigenvalue weighted by molar-refractivity contribution is -0.146. The molecule has 1 aliphatic rings. The topological polar surface area (TPSA) is 78.0 Å². The molecule has 0 spiro atoms. The van der Waals surface area contributed by atoms with Gasteiger partial charge in [0.2, 0.25) is 0 Å². The van der Waals surface area contributed by atoms with Crippen molar-refractivity contribution >= 4 is 17.7 Å². The van der Waals surface area contributed by atoms with Crippen molar-refractivity contribution in [1.29, 1.82) is 0 Å². The number of likely N-dealkylation sites (N-methyl/N-ethyl adjacent to an activating group) is 1. The molecule has 0 aromatic carbocycles. The molecule has 100 valence electrons. The molecule has 1 aliphatic carbocycles. The number of nitrogens with one attached hydrogen (secondary N) is 2. The van der Waals surface area contributed by atoms with E-state index in [0.29, 0.717) is 0 Å². The Labute approximate surface area is 111 Å². The lowest BCUT2D eigenvalue weighted by Gasteiger charge is -2.30. The van der Waals surface area contributed by atoms with Crippen molar-refractivity contribution < 1.29 is 9.90 Å². The molecule has 1 fully saturated rings. The Morgan fingerprint density at radius 3 is 3.22 bits per heavy atom. The SMILES string of the molecule is CNC1(C(=O)O)CCCC1CCSc1ncc[nH]1. The van der Waals surface area contributed by atoms with Gasteiger partial charge in [0.25, 0.3) is 0 Å². The van der Waals surface area contributed by atoms with Crippen molar-refractivity contribution in [2.24, 2.45) is 5.92 Å². The number of hydrogen-bond donors (Lipinski definition) is 3. The number of aliphatic carboxylic acids is 1. The predicted octanol–water partition coefficient (Wildman–Crippen LogP) is 1.73. The normalized spacial score (nSPS) is 27.5. The second-order valence-corrected chi connectivity index (χ2v) is 5.73. The number of aromatic nitrogens is 2. The third kappa shape index (κ3) is 2.54. The van der Waals surface area contributed by atoms with Crippen LogP contribution in [0.15, 0.2) is 17.6 Å². The van der Waals surface area contributed by atoms with E-state index in [-0.39, 0.29) is 5.92 Å². The molecule has 0 saturated heterocycles. The smallest absolute Gasteiger partial charge is 0.324 e. The zero-order chi connectivity index (χ0) is 13.0. The van der Waals surface area contributed by atoms with Crippen molar-refractivity contribution in [2.45, 2.75) is 36.4 Å². The first-order valence-corrected chi connectivity index (χ1v) is 7.22. The van der Waals surface area contributed by atoms with Gasteiger partial charge in [-0.3, -0.25) is 4.79 Å². The molecular weight excluding hydrogens is 250 g/mol. The number of carbonyl (C=O) groups is 1. The number of carboxylic acid groups (broad SMARTS) is 1. The van der Waals surface area contributed by atoms with Crippen LogP contribution in [0.3, 0.4) is 0 Å². The summed E-state index contributed by atoms with van der Waals surface area (Å²) in [7, 11) is 1.76. The first-order valence-electron chi connectivity index (χ1n) is 6.23. The van der Waals surface area contributed by atoms with Crippen molar-refractivity contribution in [3.05, 3.63) is 12.4 Å². The van der Waals surface area contributed by atoms with Gasteiger partial charge in [-0.1, -0.05) is 18.2 Å². The predicted molar refractivity (Wildman–Crippen MR) is 70.7 cm³/mol. The third-order valence-corrected chi connectivity index (χ3v) is 4.76. The van der Waals surface area contributed by atoms with Gasteiger partial charge in [0, 0.05) is 18.1 Å². The standard InChI is InChI=1S/C12H19N3O2S/c1-13-12(10(16)17)5-2-3-9(12)4-8-18-11-14-6-7-15-11/h6-7,9,13H,2-5,8H2,1H3,(H,14,15)(H,16,17). The van der Waals surface area contributed by atoms with Crippen LogP contribution < -0.4 is 5.32 Å². The molecule has 2 atom stereocenters. The fourth-order valence-corrected chi connectivity index (χ4v) is 3.70. The minimum Gasteiger partial charge on any atom is -0.480 e. The number of thioether (sulfide) groups is 1. The maximum absolute atomic E-state index is 11.5. The molecule has 0 amide bonds. The maximum Gasteiger partial charge on any atom is 0.324 e. The molecule has 5 nitrogen and oxygen atoms in total. The Morgan fingerprint density at radius 2 is 2.61 bits per heavy atom. The molecule has 2 rings (SSSR count). The van der Waals surface area contributed by atoms with E-state index in [4.69, 9.17) is 0 Å². The number of rotatable bonds is 6. The lowest BCUT2D eigenvalue weighted by atomic mass is 9.85. The minimum atomic E-state index is -0.719. The van der Waals surface area contributed by atoms with Gasteiger partial charge in [-0.15, -0.1) is 0 Å². The Morgan fingerprint density at radius 1 is 1.78 bits per heavy atom. The van der Waals surface area contributed by atoms with Gasteiger partial charge in [-0.05, 0) is 32.2 Å². The van der Waals surface area contributed by atoms with E-state index in [1.54, 1.807) is 31.2 Å². The summed E-state index contributed by atoms with van der Waals surface area (Å²) in [6.07, 6.45) is 7.14. The molecule has 18 heavy (non-hydrogen) atoms. The molecule has 0 aliphatic heterocycles. The van der Waals surface area contributed by atoms with Gasteiger partial charge < -0.3 is 15.4 Å². The van der Waals surface area contributed by atoms with Crippen LogP contribution in [0.4, 0.5) is 0 Å². The molecule has 0 bridgehead atoms. The van der Waals surface area contributed by atoms with Crippen molar-refractivity contribution in [3.63, 3.8) is 0 Å². The number of aromatic amines is 1. The second-order valence-electron chi connectivity index (χ2n) is 4.65. The maximum atomic E-state index is 11.5. The molecule has 1 saturated carbocycles. The van der Waals surface area contributed by atoms with Crippen LogP contribution in [0, 0.1) is 5.92 Å². The third-order valence-electron chi connectivity index (χ3n) is 3.83. The minimum absolute atomic E-state index is 0.211. The summed E-state index contributed by atoms with van der Waals surface area (Å²) in [5.74, 6) is 0.396. The van der Waals surface area contributed by atoms with Crippen molar-refractivity contribution in [2.75, 3.05) is 12.8 Å². The number of carboxylic acids is 1. The van der Waals surface area contributed by atoms with Crippen LogP contribution >= 0.6 is 11.8 Å². The summed E-state index contributed by atoms with van der Waals surface area (Å²) in [5, 5.41) is 13.4. The van der Waals surface area contributed by atoms with Crippen LogP contribution in [0.2, 0.25) is 0 Å². The van der Waals surface area contributed by atoms with Crippen LogP contribution in [0.5, 0.6) is 0 Å². The molecular formula is C12H19N3O2S. The summed E-state index contributed by atoms with van der Waals surface area (Å²) < 4.78 is 0. The van der Waals surface area contributed by atoms with Crippen LogP contribution in [-0.2, 0) is 4.79 Å². The molecule has 1 aromatic heterocycles. The number of H-pyrrole nitrogens is 1.